The molecule has 0 amide bonds. The number of rotatable bonds is 2. The minimum absolute atomic E-state index is 0.0253. The molecule has 0 atom stereocenters. The van der Waals surface area contributed by atoms with Gasteiger partial charge in [0, 0.05) is 23.3 Å². The zero-order valence-electron chi connectivity index (χ0n) is 9.61. The van der Waals surface area contributed by atoms with Gasteiger partial charge in [-0.15, -0.1) is 0 Å². The zero-order valence-corrected chi connectivity index (χ0v) is 9.61. The fraction of sp³-hybridized carbons (Fsp3) is 0.250. The van der Waals surface area contributed by atoms with Crippen LogP contribution in [0.15, 0.2) is 23.3 Å². The first-order chi connectivity index (χ1) is 8.13. The molecule has 5 heteroatoms. The molecule has 0 aromatic carbocycles. The summed E-state index contributed by atoms with van der Waals surface area (Å²) in [7, 11) is 1.30. The number of nitrogens with zero attached hydrogens (tertiary/aromatic N) is 1. The molecule has 2 aromatic heterocycles. The van der Waals surface area contributed by atoms with Gasteiger partial charge in [0.1, 0.15) is 0 Å². The number of nitrogens with one attached hydrogen (secondary N) is 1. The lowest BCUT2D eigenvalue weighted by molar-refractivity contribution is -0.139. The largest absolute Gasteiger partial charge is 0.469 e. The molecule has 17 heavy (non-hydrogen) atoms. The second-order valence-corrected chi connectivity index (χ2v) is 3.73. The molecule has 0 saturated heterocycles. The summed E-state index contributed by atoms with van der Waals surface area (Å²) in [4.78, 5) is 29.8. The van der Waals surface area contributed by atoms with Crippen LogP contribution >= 0.6 is 0 Å². The van der Waals surface area contributed by atoms with Crippen molar-refractivity contribution in [1.82, 2.24) is 9.97 Å². The maximum Gasteiger partial charge on any atom is 0.310 e. The number of hydrogen-bond acceptors (Lipinski definition) is 4. The normalized spacial score (nSPS) is 10.5. The van der Waals surface area contributed by atoms with Crippen molar-refractivity contribution in [3.63, 3.8) is 0 Å². The third-order valence-corrected chi connectivity index (χ3v) is 2.75. The number of carbonyl (C=O) groups is 1. The molecule has 2 heterocycles. The van der Waals surface area contributed by atoms with Gasteiger partial charge in [-0.25, -0.2) is 0 Å². The number of carbonyl (C=O) groups excluding carboxylic acids is 1. The van der Waals surface area contributed by atoms with E-state index in [1.807, 2.05) is 0 Å². The van der Waals surface area contributed by atoms with Crippen LogP contribution in [0.5, 0.6) is 0 Å². The Hall–Kier alpha value is -2.17. The molecule has 5 nitrogen and oxygen atoms in total. The second-order valence-electron chi connectivity index (χ2n) is 3.73. The van der Waals surface area contributed by atoms with Crippen LogP contribution in [0.2, 0.25) is 0 Å². The lowest BCUT2D eigenvalue weighted by atomic mass is 10.0. The second kappa shape index (κ2) is 4.37. The van der Waals surface area contributed by atoms with Gasteiger partial charge >= 0.3 is 5.97 Å². The van der Waals surface area contributed by atoms with Crippen LogP contribution in [0, 0.1) is 6.92 Å². The van der Waals surface area contributed by atoms with E-state index in [2.05, 4.69) is 14.7 Å². The molecule has 0 aliphatic heterocycles. The maximum atomic E-state index is 11.8. The molecule has 2 rings (SSSR count). The zero-order chi connectivity index (χ0) is 12.4. The van der Waals surface area contributed by atoms with Gasteiger partial charge in [0.05, 0.1) is 19.0 Å². The van der Waals surface area contributed by atoms with Crippen LogP contribution in [0.1, 0.15) is 11.1 Å². The first-order valence-corrected chi connectivity index (χ1v) is 5.15. The molecular formula is C12H12N2O3. The quantitative estimate of drug-likeness (QED) is 0.782. The third-order valence-electron chi connectivity index (χ3n) is 2.75. The van der Waals surface area contributed by atoms with Crippen molar-refractivity contribution < 1.29 is 9.53 Å². The molecule has 0 spiro atoms. The topological polar surface area (TPSA) is 72.0 Å². The molecule has 0 saturated carbocycles. The van der Waals surface area contributed by atoms with Crippen LogP contribution < -0.4 is 5.56 Å². The third kappa shape index (κ3) is 2.04. The van der Waals surface area contributed by atoms with E-state index in [1.165, 1.54) is 7.11 Å². The predicted octanol–water partition coefficient (Wildman–Crippen LogP) is 0.947. The van der Waals surface area contributed by atoms with Gasteiger partial charge in [-0.2, -0.15) is 0 Å². The molecule has 88 valence electrons. The Morgan fingerprint density at radius 1 is 1.53 bits per heavy atom. The molecule has 0 aliphatic carbocycles. The molecular weight excluding hydrogens is 220 g/mol. The number of pyridine rings is 2. The smallest absolute Gasteiger partial charge is 0.310 e. The Morgan fingerprint density at radius 2 is 2.29 bits per heavy atom. The number of methoxy groups -OCH3 is 1. The number of aryl methyl sites for hydroxylation is 1. The van der Waals surface area contributed by atoms with Crippen molar-refractivity contribution in [2.24, 2.45) is 0 Å². The Kier molecular flexibility index (Phi) is 2.91. The Bertz CT molecular complexity index is 631. The van der Waals surface area contributed by atoms with Gasteiger partial charge in [0.2, 0.25) is 0 Å². The van der Waals surface area contributed by atoms with Gasteiger partial charge in [0.15, 0.2) is 0 Å². The van der Waals surface area contributed by atoms with Crippen molar-refractivity contribution in [2.45, 2.75) is 13.3 Å². The molecule has 1 N–H and O–H groups in total. The van der Waals surface area contributed by atoms with E-state index in [1.54, 1.807) is 25.4 Å². The molecule has 0 unspecified atom stereocenters. The van der Waals surface area contributed by atoms with Crippen LogP contribution in [0.25, 0.3) is 10.9 Å². The minimum Gasteiger partial charge on any atom is -0.469 e. The average molecular weight is 232 g/mol. The summed E-state index contributed by atoms with van der Waals surface area (Å²) < 4.78 is 4.57. The van der Waals surface area contributed by atoms with E-state index in [4.69, 9.17) is 0 Å². The highest BCUT2D eigenvalue weighted by molar-refractivity contribution is 5.83. The monoisotopic (exact) mass is 232 g/mol. The summed E-state index contributed by atoms with van der Waals surface area (Å²) in [6.07, 6.45) is 3.25. The highest BCUT2D eigenvalue weighted by Gasteiger charge is 2.13. The van der Waals surface area contributed by atoms with Crippen molar-refractivity contribution >= 4 is 16.9 Å². The van der Waals surface area contributed by atoms with Gasteiger partial charge in [0.25, 0.3) is 5.56 Å². The number of esters is 1. The summed E-state index contributed by atoms with van der Waals surface area (Å²) in [6, 6.07) is 1.73. The van der Waals surface area contributed by atoms with Crippen molar-refractivity contribution in [1.29, 1.82) is 0 Å². The van der Waals surface area contributed by atoms with Crippen LogP contribution in [-0.4, -0.2) is 23.0 Å². The van der Waals surface area contributed by atoms with Crippen LogP contribution in [0.4, 0.5) is 0 Å². The average Bonchev–Trinajstić information content (AvgIpc) is 2.34. The number of aromatic nitrogens is 2. The van der Waals surface area contributed by atoms with Gasteiger partial charge in [-0.1, -0.05) is 0 Å². The van der Waals surface area contributed by atoms with E-state index in [0.717, 1.165) is 16.5 Å². The van der Waals surface area contributed by atoms with Crippen molar-refractivity contribution in [2.75, 3.05) is 7.11 Å². The predicted molar refractivity (Wildman–Crippen MR) is 62.8 cm³/mol. The van der Waals surface area contributed by atoms with Crippen LogP contribution in [0.3, 0.4) is 0 Å². The number of fused-ring (bicyclic) bond motifs is 1. The van der Waals surface area contributed by atoms with Gasteiger partial charge < -0.3 is 9.72 Å². The highest BCUT2D eigenvalue weighted by Crippen LogP contribution is 2.16. The number of hydrogen-bond donors (Lipinski definition) is 1. The van der Waals surface area contributed by atoms with Gasteiger partial charge in [-0.3, -0.25) is 14.6 Å². The Balaban J connectivity index is 2.64. The highest BCUT2D eigenvalue weighted by atomic mass is 16.5. The Labute approximate surface area is 97.4 Å². The summed E-state index contributed by atoms with van der Waals surface area (Å²) in [5, 5.41) is 0.839. The first-order valence-electron chi connectivity index (χ1n) is 5.15. The molecule has 0 bridgehead atoms. The van der Waals surface area contributed by atoms with Crippen molar-refractivity contribution in [3.8, 4) is 0 Å². The lowest BCUT2D eigenvalue weighted by Crippen LogP contribution is -2.19. The van der Waals surface area contributed by atoms with Crippen LogP contribution in [-0.2, 0) is 16.0 Å². The van der Waals surface area contributed by atoms with E-state index in [-0.39, 0.29) is 12.0 Å². The summed E-state index contributed by atoms with van der Waals surface area (Å²) in [6.45, 7) is 1.80. The SMILES string of the molecule is COC(=O)Cc1c(C)c2cnccc2[nH]c1=O. The number of ether oxygens (including phenoxy) is 1. The summed E-state index contributed by atoms with van der Waals surface area (Å²) in [5.41, 5.74) is 1.65. The fourth-order valence-corrected chi connectivity index (χ4v) is 1.76. The fourth-order valence-electron chi connectivity index (χ4n) is 1.76. The van der Waals surface area contributed by atoms with E-state index in [9.17, 15) is 9.59 Å². The standard InChI is InChI=1S/C12H12N2O3/c1-7-8(5-11(15)17-2)12(16)14-10-3-4-13-6-9(7)10/h3-4,6H,5H2,1-2H3,(H,14,16). The number of aromatic amines is 1. The lowest BCUT2D eigenvalue weighted by Gasteiger charge is -2.07. The van der Waals surface area contributed by atoms with E-state index < -0.39 is 5.97 Å². The van der Waals surface area contributed by atoms with Gasteiger partial charge in [-0.05, 0) is 18.6 Å². The minimum atomic E-state index is -0.429. The molecule has 0 fully saturated rings. The summed E-state index contributed by atoms with van der Waals surface area (Å²) in [5.74, 6) is -0.429. The first kappa shape index (κ1) is 11.3. The van der Waals surface area contributed by atoms with Crippen molar-refractivity contribution in [3.05, 3.63) is 39.9 Å². The van der Waals surface area contributed by atoms with E-state index in [0.29, 0.717) is 5.56 Å². The molecule has 2 aromatic rings. The molecule has 0 radical (unpaired) electrons. The van der Waals surface area contributed by atoms with E-state index >= 15 is 0 Å². The number of H-pyrrole nitrogens is 1. The Morgan fingerprint density at radius 3 is 3.00 bits per heavy atom. The maximum absolute atomic E-state index is 11.8. The summed E-state index contributed by atoms with van der Waals surface area (Å²) >= 11 is 0. The molecule has 0 aliphatic rings.